The summed E-state index contributed by atoms with van der Waals surface area (Å²) in [6.07, 6.45) is 4.76. The van der Waals surface area contributed by atoms with Gasteiger partial charge in [0.15, 0.2) is 0 Å². The van der Waals surface area contributed by atoms with E-state index in [0.717, 1.165) is 42.9 Å². The van der Waals surface area contributed by atoms with E-state index in [2.05, 4.69) is 97.0 Å². The van der Waals surface area contributed by atoms with Crippen LogP contribution in [0.4, 0.5) is 0 Å². The summed E-state index contributed by atoms with van der Waals surface area (Å²) in [6.45, 7) is 6.89. The average molecular weight is 500 g/mol. The third-order valence-corrected chi connectivity index (χ3v) is 8.18. The van der Waals surface area contributed by atoms with E-state index in [4.69, 9.17) is 4.98 Å². The molecule has 2 heterocycles. The van der Waals surface area contributed by atoms with Crippen LogP contribution < -0.4 is 5.32 Å². The fourth-order valence-corrected chi connectivity index (χ4v) is 6.15. The van der Waals surface area contributed by atoms with Crippen molar-refractivity contribution in [2.75, 3.05) is 19.3 Å². The number of aromatic nitrogens is 1. The van der Waals surface area contributed by atoms with Crippen molar-refractivity contribution >= 4 is 33.4 Å². The van der Waals surface area contributed by atoms with Crippen LogP contribution in [0.3, 0.4) is 0 Å². The van der Waals surface area contributed by atoms with Crippen molar-refractivity contribution in [1.82, 2.24) is 15.2 Å². The average Bonchev–Trinajstić information content (AvgIpc) is 3.35. The van der Waals surface area contributed by atoms with E-state index in [-0.39, 0.29) is 11.6 Å². The van der Waals surface area contributed by atoms with Crippen LogP contribution >= 0.6 is 11.8 Å². The van der Waals surface area contributed by atoms with Gasteiger partial charge >= 0.3 is 0 Å². The molecule has 5 heteroatoms. The SMILES string of the molecule is CSc1nc2ccccc2cc1CN1CCCC1C(O)CNC(C)(C)Cc1ccc2ccccc2c1. The molecule has 1 saturated heterocycles. The first-order valence-electron chi connectivity index (χ1n) is 13.0. The number of thioether (sulfide) groups is 1. The minimum absolute atomic E-state index is 0.110. The molecule has 1 aliphatic rings. The number of fused-ring (bicyclic) bond motifs is 2. The fraction of sp³-hybridized carbons (Fsp3) is 0.387. The maximum atomic E-state index is 11.2. The van der Waals surface area contributed by atoms with E-state index >= 15 is 0 Å². The fourth-order valence-electron chi connectivity index (χ4n) is 5.57. The molecule has 0 spiro atoms. The zero-order valence-electron chi connectivity index (χ0n) is 21.6. The number of nitrogens with one attached hydrogen (secondary N) is 1. The van der Waals surface area contributed by atoms with Gasteiger partial charge in [-0.15, -0.1) is 11.8 Å². The second kappa shape index (κ2) is 10.9. The predicted octanol–water partition coefficient (Wildman–Crippen LogP) is 6.05. The Hall–Kier alpha value is -2.44. The Kier molecular flexibility index (Phi) is 7.63. The molecule has 4 aromatic rings. The molecule has 3 aromatic carbocycles. The maximum Gasteiger partial charge on any atom is 0.101 e. The summed E-state index contributed by atoms with van der Waals surface area (Å²) in [5.74, 6) is 0. The van der Waals surface area contributed by atoms with Crippen molar-refractivity contribution in [3.05, 3.63) is 83.9 Å². The van der Waals surface area contributed by atoms with E-state index in [0.29, 0.717) is 6.54 Å². The molecule has 1 fully saturated rings. The number of nitrogens with zero attached hydrogens (tertiary/aromatic N) is 2. The van der Waals surface area contributed by atoms with Gasteiger partial charge in [0.25, 0.3) is 0 Å². The maximum absolute atomic E-state index is 11.2. The number of aliphatic hydroxyl groups is 1. The number of β-amino-alcohol motifs (C(OH)–C–C–N with tert-alkyl or cyclic N) is 1. The summed E-state index contributed by atoms with van der Waals surface area (Å²) in [5, 5.41) is 19.7. The third-order valence-electron chi connectivity index (χ3n) is 7.44. The molecule has 2 atom stereocenters. The molecule has 1 aromatic heterocycles. The molecule has 0 bridgehead atoms. The summed E-state index contributed by atoms with van der Waals surface area (Å²) in [5.41, 5.74) is 3.50. The van der Waals surface area contributed by atoms with Crippen LogP contribution in [-0.4, -0.2) is 52.0 Å². The second-order valence-corrected chi connectivity index (χ2v) is 11.5. The molecule has 0 amide bonds. The highest BCUT2D eigenvalue weighted by atomic mass is 32.2. The van der Waals surface area contributed by atoms with Crippen LogP contribution in [0, 0.1) is 0 Å². The number of benzene rings is 3. The van der Waals surface area contributed by atoms with Crippen molar-refractivity contribution in [2.45, 2.75) is 62.4 Å². The highest BCUT2D eigenvalue weighted by Crippen LogP contribution is 2.29. The second-order valence-electron chi connectivity index (χ2n) is 10.7. The Morgan fingerprint density at radius 3 is 2.58 bits per heavy atom. The van der Waals surface area contributed by atoms with Gasteiger partial charge in [-0.1, -0.05) is 60.7 Å². The van der Waals surface area contributed by atoms with E-state index in [1.165, 1.54) is 27.3 Å². The zero-order chi connectivity index (χ0) is 25.1. The molecular formula is C31H37N3OS. The van der Waals surface area contributed by atoms with E-state index in [1.54, 1.807) is 11.8 Å². The van der Waals surface area contributed by atoms with Gasteiger partial charge in [0.05, 0.1) is 11.6 Å². The molecule has 0 aliphatic carbocycles. The van der Waals surface area contributed by atoms with Crippen molar-refractivity contribution in [1.29, 1.82) is 0 Å². The van der Waals surface area contributed by atoms with Crippen LogP contribution in [0.15, 0.2) is 77.8 Å². The normalized spacial score (nSPS) is 17.7. The summed E-state index contributed by atoms with van der Waals surface area (Å²) in [4.78, 5) is 7.35. The van der Waals surface area contributed by atoms with Gasteiger partial charge in [0, 0.05) is 30.1 Å². The van der Waals surface area contributed by atoms with Crippen molar-refractivity contribution in [3.8, 4) is 0 Å². The van der Waals surface area contributed by atoms with Gasteiger partial charge in [-0.05, 0) is 79.9 Å². The number of hydrogen-bond acceptors (Lipinski definition) is 5. The Labute approximate surface area is 219 Å². The lowest BCUT2D eigenvalue weighted by molar-refractivity contribution is 0.0629. The van der Waals surface area contributed by atoms with E-state index in [1.807, 2.05) is 6.07 Å². The number of rotatable bonds is 9. The van der Waals surface area contributed by atoms with Gasteiger partial charge in [-0.2, -0.15) is 0 Å². The highest BCUT2D eigenvalue weighted by Gasteiger charge is 2.32. The summed E-state index contributed by atoms with van der Waals surface area (Å²) < 4.78 is 0. The van der Waals surface area contributed by atoms with Gasteiger partial charge in [-0.25, -0.2) is 4.98 Å². The lowest BCUT2D eigenvalue weighted by Gasteiger charge is -2.33. The number of hydrogen-bond donors (Lipinski definition) is 2. The first-order chi connectivity index (χ1) is 17.4. The summed E-state index contributed by atoms with van der Waals surface area (Å²) in [6, 6.07) is 26.0. The number of para-hydroxylation sites is 1. The van der Waals surface area contributed by atoms with Crippen molar-refractivity contribution < 1.29 is 5.11 Å². The Morgan fingerprint density at radius 1 is 1.03 bits per heavy atom. The number of aliphatic hydroxyl groups excluding tert-OH is 1. The first-order valence-corrected chi connectivity index (χ1v) is 14.2. The monoisotopic (exact) mass is 499 g/mol. The Morgan fingerprint density at radius 2 is 1.78 bits per heavy atom. The number of likely N-dealkylation sites (tertiary alicyclic amines) is 1. The van der Waals surface area contributed by atoms with Gasteiger partial charge in [0.2, 0.25) is 0 Å². The molecule has 188 valence electrons. The van der Waals surface area contributed by atoms with Crippen LogP contribution in [0.5, 0.6) is 0 Å². The van der Waals surface area contributed by atoms with Crippen LogP contribution in [0.1, 0.15) is 37.8 Å². The molecule has 2 unspecified atom stereocenters. The highest BCUT2D eigenvalue weighted by molar-refractivity contribution is 7.98. The summed E-state index contributed by atoms with van der Waals surface area (Å²) >= 11 is 1.71. The lowest BCUT2D eigenvalue weighted by atomic mass is 9.93. The molecular weight excluding hydrogens is 462 g/mol. The lowest BCUT2D eigenvalue weighted by Crippen LogP contribution is -2.50. The van der Waals surface area contributed by atoms with Crippen molar-refractivity contribution in [2.24, 2.45) is 0 Å². The smallest absolute Gasteiger partial charge is 0.101 e. The number of pyridine rings is 1. The Bertz CT molecular complexity index is 1340. The molecule has 36 heavy (non-hydrogen) atoms. The minimum atomic E-state index is -0.408. The molecule has 5 rings (SSSR count). The molecule has 1 aliphatic heterocycles. The standard InChI is InChI=1S/C31H37N3OS/c1-31(2,19-22-14-15-23-9-4-5-10-24(23)17-22)32-20-29(35)28-13-8-16-34(28)21-26-18-25-11-6-7-12-27(25)33-30(26)36-3/h4-7,9-12,14-15,17-18,28-29,32,35H,8,13,16,19-21H2,1-3H3. The van der Waals surface area contributed by atoms with E-state index < -0.39 is 6.10 Å². The van der Waals surface area contributed by atoms with Crippen molar-refractivity contribution in [3.63, 3.8) is 0 Å². The van der Waals surface area contributed by atoms with Crippen LogP contribution in [0.2, 0.25) is 0 Å². The minimum Gasteiger partial charge on any atom is -0.390 e. The topological polar surface area (TPSA) is 48.4 Å². The quantitative estimate of drug-likeness (QED) is 0.275. The van der Waals surface area contributed by atoms with Crippen LogP contribution in [-0.2, 0) is 13.0 Å². The third kappa shape index (κ3) is 5.76. The molecule has 4 nitrogen and oxygen atoms in total. The largest absolute Gasteiger partial charge is 0.390 e. The molecule has 0 radical (unpaired) electrons. The first kappa shape index (κ1) is 25.2. The Balaban J connectivity index is 1.23. The zero-order valence-corrected chi connectivity index (χ0v) is 22.4. The predicted molar refractivity (Wildman–Crippen MR) is 153 cm³/mol. The summed E-state index contributed by atoms with van der Waals surface area (Å²) in [7, 11) is 0. The van der Waals surface area contributed by atoms with Gasteiger partial charge in [-0.3, -0.25) is 4.90 Å². The molecule has 0 saturated carbocycles. The van der Waals surface area contributed by atoms with Gasteiger partial charge < -0.3 is 10.4 Å². The molecule has 2 N–H and O–H groups in total. The van der Waals surface area contributed by atoms with Crippen LogP contribution in [0.25, 0.3) is 21.7 Å². The van der Waals surface area contributed by atoms with Gasteiger partial charge in [0.1, 0.15) is 5.03 Å². The van der Waals surface area contributed by atoms with E-state index in [9.17, 15) is 5.11 Å².